The van der Waals surface area contributed by atoms with E-state index in [0.717, 1.165) is 43.0 Å². The maximum absolute atomic E-state index is 4.78. The van der Waals surface area contributed by atoms with Gasteiger partial charge in [-0.2, -0.15) is 0 Å². The maximum Gasteiger partial charge on any atom is 0.128 e. The summed E-state index contributed by atoms with van der Waals surface area (Å²) in [5.41, 5.74) is 1.11. The minimum absolute atomic E-state index is 0.733. The van der Waals surface area contributed by atoms with Crippen LogP contribution in [0.25, 0.3) is 0 Å². The largest absolute Gasteiger partial charge is 0.357 e. The molecule has 0 aliphatic carbocycles. The van der Waals surface area contributed by atoms with E-state index in [1.807, 2.05) is 7.05 Å². The van der Waals surface area contributed by atoms with Crippen molar-refractivity contribution in [2.24, 2.45) is 11.8 Å². The molecule has 0 amide bonds. The van der Waals surface area contributed by atoms with Crippen LogP contribution in [-0.4, -0.2) is 25.1 Å². The summed E-state index contributed by atoms with van der Waals surface area (Å²) in [7, 11) is 1.96. The Morgan fingerprint density at radius 1 is 1.05 bits per heavy atom. The van der Waals surface area contributed by atoms with E-state index in [4.69, 9.17) is 4.98 Å². The summed E-state index contributed by atoms with van der Waals surface area (Å²) in [6.45, 7) is 12.2. The third-order valence-electron chi connectivity index (χ3n) is 3.43. The first-order valence-electron chi connectivity index (χ1n) is 7.88. The van der Waals surface area contributed by atoms with Gasteiger partial charge in [-0.25, -0.2) is 4.98 Å². The lowest BCUT2D eigenvalue weighted by Gasteiger charge is -2.26. The smallest absolute Gasteiger partial charge is 0.128 e. The van der Waals surface area contributed by atoms with Gasteiger partial charge in [0, 0.05) is 19.6 Å². The molecule has 1 N–H and O–H groups in total. The lowest BCUT2D eigenvalue weighted by atomic mass is 10.1. The predicted octanol–water partition coefficient (Wildman–Crippen LogP) is 3.70. The molecule has 0 fully saturated rings. The Bertz CT molecular complexity index is 362. The van der Waals surface area contributed by atoms with Gasteiger partial charge in [0.2, 0.25) is 0 Å². The van der Waals surface area contributed by atoms with Gasteiger partial charge in [-0.3, -0.25) is 0 Å². The van der Waals surface area contributed by atoms with Crippen LogP contribution in [0.2, 0.25) is 0 Å². The van der Waals surface area contributed by atoms with E-state index in [-0.39, 0.29) is 0 Å². The zero-order valence-corrected chi connectivity index (χ0v) is 13.8. The Balaban J connectivity index is 2.76. The van der Waals surface area contributed by atoms with Gasteiger partial charge in [-0.1, -0.05) is 33.8 Å². The quantitative estimate of drug-likeness (QED) is 0.746. The molecule has 0 saturated heterocycles. The molecular formula is C17H31N3. The molecule has 0 spiro atoms. The van der Waals surface area contributed by atoms with Crippen LogP contribution in [-0.2, 0) is 6.54 Å². The minimum Gasteiger partial charge on any atom is -0.357 e. The van der Waals surface area contributed by atoms with Gasteiger partial charge in [0.05, 0.1) is 5.69 Å². The third kappa shape index (κ3) is 6.38. The first kappa shape index (κ1) is 17.0. The molecule has 0 bridgehead atoms. The van der Waals surface area contributed by atoms with Crippen molar-refractivity contribution in [1.29, 1.82) is 0 Å². The van der Waals surface area contributed by atoms with Crippen LogP contribution in [0.5, 0.6) is 0 Å². The average Bonchev–Trinajstić information content (AvgIpc) is 2.39. The molecule has 1 aromatic heterocycles. The third-order valence-corrected chi connectivity index (χ3v) is 3.43. The van der Waals surface area contributed by atoms with Crippen molar-refractivity contribution in [3.63, 3.8) is 0 Å². The Morgan fingerprint density at radius 3 is 2.15 bits per heavy atom. The Hall–Kier alpha value is -1.09. The number of aromatic nitrogens is 1. The topological polar surface area (TPSA) is 28.2 Å². The van der Waals surface area contributed by atoms with Crippen molar-refractivity contribution in [3.05, 3.63) is 23.9 Å². The summed E-state index contributed by atoms with van der Waals surface area (Å²) >= 11 is 0. The van der Waals surface area contributed by atoms with Crippen LogP contribution < -0.4 is 10.2 Å². The number of anilines is 1. The summed E-state index contributed by atoms with van der Waals surface area (Å²) in [6.07, 6.45) is 2.44. The fraction of sp³-hybridized carbons (Fsp3) is 0.706. The van der Waals surface area contributed by atoms with Crippen molar-refractivity contribution in [1.82, 2.24) is 10.3 Å². The highest BCUT2D eigenvalue weighted by Crippen LogP contribution is 2.16. The highest BCUT2D eigenvalue weighted by atomic mass is 15.2. The van der Waals surface area contributed by atoms with E-state index in [2.05, 4.69) is 56.1 Å². The van der Waals surface area contributed by atoms with E-state index in [0.29, 0.717) is 0 Å². The van der Waals surface area contributed by atoms with Gasteiger partial charge >= 0.3 is 0 Å². The molecule has 3 nitrogen and oxygen atoms in total. The Morgan fingerprint density at radius 2 is 1.65 bits per heavy atom. The molecule has 1 aromatic rings. The second-order valence-corrected chi connectivity index (χ2v) is 6.37. The number of hydrogen-bond acceptors (Lipinski definition) is 3. The van der Waals surface area contributed by atoms with Gasteiger partial charge in [-0.15, -0.1) is 0 Å². The molecule has 20 heavy (non-hydrogen) atoms. The van der Waals surface area contributed by atoms with E-state index in [1.165, 1.54) is 12.8 Å². The minimum atomic E-state index is 0.733. The lowest BCUT2D eigenvalue weighted by molar-refractivity contribution is 0.532. The number of hydrogen-bond donors (Lipinski definition) is 1. The number of nitrogens with one attached hydrogen (secondary N) is 1. The molecule has 3 heteroatoms. The zero-order valence-electron chi connectivity index (χ0n) is 13.8. The van der Waals surface area contributed by atoms with Gasteiger partial charge in [0.15, 0.2) is 0 Å². The standard InChI is InChI=1S/C17H31N3/c1-14(2)9-11-20(12-10-15(3)4)17-8-6-7-16(19-17)13-18-5/h6-8,14-15,18H,9-13H2,1-5H3. The van der Waals surface area contributed by atoms with Gasteiger partial charge in [-0.05, 0) is 43.9 Å². The zero-order chi connectivity index (χ0) is 15.0. The molecule has 0 aliphatic heterocycles. The van der Waals surface area contributed by atoms with E-state index in [1.54, 1.807) is 0 Å². The Labute approximate surface area is 124 Å². The van der Waals surface area contributed by atoms with Crippen LogP contribution in [0.4, 0.5) is 5.82 Å². The molecule has 0 aromatic carbocycles. The van der Waals surface area contributed by atoms with Crippen molar-refractivity contribution >= 4 is 5.82 Å². The summed E-state index contributed by atoms with van der Waals surface area (Å²) in [6, 6.07) is 6.34. The molecule has 0 unspecified atom stereocenters. The van der Waals surface area contributed by atoms with Crippen molar-refractivity contribution < 1.29 is 0 Å². The van der Waals surface area contributed by atoms with Gasteiger partial charge in [0.25, 0.3) is 0 Å². The second kappa shape index (κ2) is 8.96. The highest BCUT2D eigenvalue weighted by Gasteiger charge is 2.10. The monoisotopic (exact) mass is 277 g/mol. The fourth-order valence-corrected chi connectivity index (χ4v) is 2.09. The maximum atomic E-state index is 4.78. The highest BCUT2D eigenvalue weighted by molar-refractivity contribution is 5.39. The number of nitrogens with zero attached hydrogens (tertiary/aromatic N) is 2. The second-order valence-electron chi connectivity index (χ2n) is 6.37. The van der Waals surface area contributed by atoms with E-state index >= 15 is 0 Å². The van der Waals surface area contributed by atoms with E-state index in [9.17, 15) is 0 Å². The van der Waals surface area contributed by atoms with E-state index < -0.39 is 0 Å². The van der Waals surface area contributed by atoms with Crippen molar-refractivity contribution in [2.75, 3.05) is 25.0 Å². The molecule has 1 heterocycles. The number of rotatable bonds is 9. The fourth-order valence-electron chi connectivity index (χ4n) is 2.09. The first-order valence-corrected chi connectivity index (χ1v) is 7.88. The summed E-state index contributed by atoms with van der Waals surface area (Å²) < 4.78 is 0. The van der Waals surface area contributed by atoms with Crippen LogP contribution >= 0.6 is 0 Å². The SMILES string of the molecule is CNCc1cccc(N(CCC(C)C)CCC(C)C)n1. The van der Waals surface area contributed by atoms with Crippen molar-refractivity contribution in [3.8, 4) is 0 Å². The molecule has 1 rings (SSSR count). The molecule has 0 saturated carbocycles. The summed E-state index contributed by atoms with van der Waals surface area (Å²) in [5.74, 6) is 2.59. The average molecular weight is 277 g/mol. The molecular weight excluding hydrogens is 246 g/mol. The van der Waals surface area contributed by atoms with Gasteiger partial charge < -0.3 is 10.2 Å². The molecule has 0 atom stereocenters. The molecule has 114 valence electrons. The number of pyridine rings is 1. The molecule has 0 radical (unpaired) electrons. The van der Waals surface area contributed by atoms with Crippen LogP contribution in [0.15, 0.2) is 18.2 Å². The Kier molecular flexibility index (Phi) is 7.60. The normalized spacial score (nSPS) is 11.3. The predicted molar refractivity (Wildman–Crippen MR) is 88.1 cm³/mol. The summed E-state index contributed by atoms with van der Waals surface area (Å²) in [5, 5.41) is 3.17. The first-order chi connectivity index (χ1) is 9.52. The van der Waals surface area contributed by atoms with Crippen LogP contribution in [0.1, 0.15) is 46.2 Å². The summed E-state index contributed by atoms with van der Waals surface area (Å²) in [4.78, 5) is 7.23. The van der Waals surface area contributed by atoms with Crippen LogP contribution in [0.3, 0.4) is 0 Å². The van der Waals surface area contributed by atoms with Gasteiger partial charge in [0.1, 0.15) is 5.82 Å². The van der Waals surface area contributed by atoms with Crippen molar-refractivity contribution in [2.45, 2.75) is 47.1 Å². The van der Waals surface area contributed by atoms with Crippen LogP contribution in [0, 0.1) is 11.8 Å². The lowest BCUT2D eigenvalue weighted by Crippen LogP contribution is -2.28. The molecule has 0 aliphatic rings.